The predicted octanol–water partition coefficient (Wildman–Crippen LogP) is 1.50. The summed E-state index contributed by atoms with van der Waals surface area (Å²) < 4.78 is 0.697. The smallest absolute Gasteiger partial charge is 0.251 e. The predicted molar refractivity (Wildman–Crippen MR) is 69.5 cm³/mol. The molecule has 0 aliphatic heterocycles. The van der Waals surface area contributed by atoms with Gasteiger partial charge in [0.25, 0.3) is 5.91 Å². The van der Waals surface area contributed by atoms with E-state index < -0.39 is 6.10 Å². The van der Waals surface area contributed by atoms with Gasteiger partial charge >= 0.3 is 0 Å². The molecular formula is C11H14INO3. The summed E-state index contributed by atoms with van der Waals surface area (Å²) in [7, 11) is 0. The molecule has 0 heterocycles. The Labute approximate surface area is 108 Å². The molecule has 5 heteroatoms. The minimum Gasteiger partial charge on any atom is -0.507 e. The molecule has 0 spiro atoms. The number of nitrogens with one attached hydrogen (secondary N) is 1. The van der Waals surface area contributed by atoms with Crippen LogP contribution >= 0.6 is 22.6 Å². The second-order valence-electron chi connectivity index (χ2n) is 3.44. The average molecular weight is 335 g/mol. The lowest BCUT2D eigenvalue weighted by molar-refractivity contribution is 0.0913. The van der Waals surface area contributed by atoms with Gasteiger partial charge in [0.2, 0.25) is 0 Å². The standard InChI is InChI=1S/C11H14INO3/c1-2-8(14)6-13-11(16)7-3-4-9(12)10(15)5-7/h3-5,8,14-15H,2,6H2,1H3,(H,13,16). The average Bonchev–Trinajstić information content (AvgIpc) is 2.29. The van der Waals surface area contributed by atoms with Crippen molar-refractivity contribution in [2.24, 2.45) is 0 Å². The zero-order valence-electron chi connectivity index (χ0n) is 8.90. The zero-order chi connectivity index (χ0) is 12.1. The number of carbonyl (C=O) groups excluding carboxylic acids is 1. The summed E-state index contributed by atoms with van der Waals surface area (Å²) in [6, 6.07) is 4.71. The molecule has 0 radical (unpaired) electrons. The van der Waals surface area contributed by atoms with Crippen LogP contribution in [0.2, 0.25) is 0 Å². The SMILES string of the molecule is CCC(O)CNC(=O)c1ccc(I)c(O)c1. The molecule has 3 N–H and O–H groups in total. The topological polar surface area (TPSA) is 69.6 Å². The van der Waals surface area contributed by atoms with Crippen molar-refractivity contribution in [3.05, 3.63) is 27.3 Å². The Bertz CT molecular complexity index is 381. The quantitative estimate of drug-likeness (QED) is 0.731. The first-order chi connectivity index (χ1) is 7.54. The van der Waals surface area contributed by atoms with E-state index in [0.717, 1.165) is 0 Å². The summed E-state index contributed by atoms with van der Waals surface area (Å²) in [6.45, 7) is 2.07. The van der Waals surface area contributed by atoms with Crippen LogP contribution in [0.3, 0.4) is 0 Å². The fourth-order valence-corrected chi connectivity index (χ4v) is 1.45. The van der Waals surface area contributed by atoms with Gasteiger partial charge in [-0.15, -0.1) is 0 Å². The maximum atomic E-state index is 11.6. The van der Waals surface area contributed by atoms with E-state index in [1.54, 1.807) is 12.1 Å². The van der Waals surface area contributed by atoms with Crippen molar-refractivity contribution in [1.29, 1.82) is 0 Å². The third-order valence-electron chi connectivity index (χ3n) is 2.18. The molecule has 1 atom stereocenters. The van der Waals surface area contributed by atoms with Crippen LogP contribution in [0, 0.1) is 3.57 Å². The molecular weight excluding hydrogens is 321 g/mol. The highest BCUT2D eigenvalue weighted by atomic mass is 127. The molecule has 1 aromatic rings. The highest BCUT2D eigenvalue weighted by molar-refractivity contribution is 14.1. The molecule has 0 aliphatic rings. The second-order valence-corrected chi connectivity index (χ2v) is 4.60. The van der Waals surface area contributed by atoms with E-state index in [-0.39, 0.29) is 18.2 Å². The summed E-state index contributed by atoms with van der Waals surface area (Å²) in [6.07, 6.45) is 0.0690. The molecule has 0 bridgehead atoms. The van der Waals surface area contributed by atoms with E-state index in [1.165, 1.54) is 6.07 Å². The maximum absolute atomic E-state index is 11.6. The van der Waals surface area contributed by atoms with Crippen molar-refractivity contribution in [3.8, 4) is 5.75 Å². The lowest BCUT2D eigenvalue weighted by Crippen LogP contribution is -2.31. The van der Waals surface area contributed by atoms with Gasteiger partial charge in [-0.2, -0.15) is 0 Å². The van der Waals surface area contributed by atoms with Gasteiger partial charge in [0.1, 0.15) is 5.75 Å². The minimum absolute atomic E-state index is 0.0873. The highest BCUT2D eigenvalue weighted by Crippen LogP contribution is 2.20. The third-order valence-corrected chi connectivity index (χ3v) is 3.09. The number of aromatic hydroxyl groups is 1. The fourth-order valence-electron chi connectivity index (χ4n) is 1.11. The van der Waals surface area contributed by atoms with Crippen LogP contribution in [0.5, 0.6) is 5.75 Å². The Kier molecular flexibility index (Phi) is 5.01. The van der Waals surface area contributed by atoms with Crippen molar-refractivity contribution in [2.75, 3.05) is 6.54 Å². The normalized spacial score (nSPS) is 12.2. The summed E-state index contributed by atoms with van der Waals surface area (Å²) >= 11 is 1.98. The molecule has 1 aromatic carbocycles. The fraction of sp³-hybridized carbons (Fsp3) is 0.364. The number of aliphatic hydroxyl groups is 1. The molecule has 1 amide bonds. The summed E-state index contributed by atoms with van der Waals surface area (Å²) in [5, 5.41) is 21.3. The number of hydrogen-bond donors (Lipinski definition) is 3. The second kappa shape index (κ2) is 6.05. The largest absolute Gasteiger partial charge is 0.507 e. The van der Waals surface area contributed by atoms with E-state index in [4.69, 9.17) is 0 Å². The zero-order valence-corrected chi connectivity index (χ0v) is 11.1. The van der Waals surface area contributed by atoms with Crippen LogP contribution < -0.4 is 5.32 Å². The van der Waals surface area contributed by atoms with Gasteiger partial charge in [-0.1, -0.05) is 6.92 Å². The Morgan fingerprint density at radius 1 is 1.56 bits per heavy atom. The maximum Gasteiger partial charge on any atom is 0.251 e. The van der Waals surface area contributed by atoms with Gasteiger partial charge in [0.05, 0.1) is 9.67 Å². The van der Waals surface area contributed by atoms with Gasteiger partial charge in [-0.05, 0) is 47.2 Å². The molecule has 0 saturated carbocycles. The molecule has 16 heavy (non-hydrogen) atoms. The van der Waals surface area contributed by atoms with Gasteiger partial charge in [0, 0.05) is 12.1 Å². The molecule has 0 aliphatic carbocycles. The number of phenols is 1. The van der Waals surface area contributed by atoms with Crippen molar-refractivity contribution in [3.63, 3.8) is 0 Å². The van der Waals surface area contributed by atoms with Crippen LogP contribution in [0.1, 0.15) is 23.7 Å². The van der Waals surface area contributed by atoms with Crippen LogP contribution in [-0.4, -0.2) is 28.8 Å². The lowest BCUT2D eigenvalue weighted by Gasteiger charge is -2.09. The number of aliphatic hydroxyl groups excluding tert-OH is 1. The monoisotopic (exact) mass is 335 g/mol. The molecule has 0 fully saturated rings. The molecule has 4 nitrogen and oxygen atoms in total. The first kappa shape index (κ1) is 13.2. The molecule has 0 aromatic heterocycles. The van der Waals surface area contributed by atoms with Crippen molar-refractivity contribution >= 4 is 28.5 Å². The first-order valence-electron chi connectivity index (χ1n) is 4.99. The third kappa shape index (κ3) is 3.64. The summed E-state index contributed by atoms with van der Waals surface area (Å²) in [4.78, 5) is 11.6. The Balaban J connectivity index is 2.63. The van der Waals surface area contributed by atoms with E-state index in [9.17, 15) is 15.0 Å². The van der Waals surface area contributed by atoms with Gasteiger partial charge in [-0.25, -0.2) is 0 Å². The lowest BCUT2D eigenvalue weighted by atomic mass is 10.2. The summed E-state index contributed by atoms with van der Waals surface area (Å²) in [5.41, 5.74) is 0.390. The first-order valence-corrected chi connectivity index (χ1v) is 6.07. The van der Waals surface area contributed by atoms with E-state index >= 15 is 0 Å². The molecule has 88 valence electrons. The van der Waals surface area contributed by atoms with E-state index in [0.29, 0.717) is 15.6 Å². The summed E-state index contributed by atoms with van der Waals surface area (Å²) in [5.74, 6) is -0.205. The number of rotatable bonds is 4. The number of hydrogen-bond acceptors (Lipinski definition) is 3. The number of phenolic OH excluding ortho intramolecular Hbond substituents is 1. The van der Waals surface area contributed by atoms with Crippen LogP contribution in [0.25, 0.3) is 0 Å². The van der Waals surface area contributed by atoms with Crippen molar-refractivity contribution in [1.82, 2.24) is 5.32 Å². The van der Waals surface area contributed by atoms with Crippen LogP contribution in [0.15, 0.2) is 18.2 Å². The molecule has 1 rings (SSSR count). The number of benzene rings is 1. The van der Waals surface area contributed by atoms with Crippen LogP contribution in [-0.2, 0) is 0 Å². The minimum atomic E-state index is -0.526. The number of carbonyl (C=O) groups is 1. The number of halogens is 1. The highest BCUT2D eigenvalue weighted by Gasteiger charge is 2.09. The van der Waals surface area contributed by atoms with Crippen molar-refractivity contribution < 1.29 is 15.0 Å². The Hall–Kier alpha value is -0.820. The van der Waals surface area contributed by atoms with E-state index in [1.807, 2.05) is 29.5 Å². The van der Waals surface area contributed by atoms with Gasteiger partial charge in [0.15, 0.2) is 0 Å². The molecule has 1 unspecified atom stereocenters. The molecule has 0 saturated heterocycles. The number of amides is 1. The van der Waals surface area contributed by atoms with Crippen LogP contribution in [0.4, 0.5) is 0 Å². The van der Waals surface area contributed by atoms with E-state index in [2.05, 4.69) is 5.32 Å². The Morgan fingerprint density at radius 3 is 2.81 bits per heavy atom. The van der Waals surface area contributed by atoms with Gasteiger partial charge < -0.3 is 15.5 Å². The van der Waals surface area contributed by atoms with Gasteiger partial charge in [-0.3, -0.25) is 4.79 Å². The van der Waals surface area contributed by atoms with Crippen molar-refractivity contribution in [2.45, 2.75) is 19.4 Å². The Morgan fingerprint density at radius 2 is 2.25 bits per heavy atom.